The van der Waals surface area contributed by atoms with Gasteiger partial charge in [0, 0.05) is 17.9 Å². The van der Waals surface area contributed by atoms with E-state index in [2.05, 4.69) is 0 Å². The zero-order chi connectivity index (χ0) is 14.5. The van der Waals surface area contributed by atoms with Gasteiger partial charge in [0.25, 0.3) is 0 Å². The second-order valence-electron chi connectivity index (χ2n) is 4.91. The summed E-state index contributed by atoms with van der Waals surface area (Å²) in [7, 11) is 1.36. The van der Waals surface area contributed by atoms with Gasteiger partial charge in [0.2, 0.25) is 0 Å². The Hall–Kier alpha value is -1.35. The third kappa shape index (κ3) is 3.80. The highest BCUT2D eigenvalue weighted by molar-refractivity contribution is 6.18. The van der Waals surface area contributed by atoms with Crippen LogP contribution in [-0.2, 0) is 14.9 Å². The van der Waals surface area contributed by atoms with E-state index in [-0.39, 0.29) is 11.8 Å². The van der Waals surface area contributed by atoms with E-state index in [9.17, 15) is 9.59 Å². The van der Waals surface area contributed by atoms with E-state index in [1.165, 1.54) is 7.11 Å². The van der Waals surface area contributed by atoms with Crippen molar-refractivity contribution < 1.29 is 14.3 Å². The molecule has 3 nitrogen and oxygen atoms in total. The van der Waals surface area contributed by atoms with Gasteiger partial charge in [-0.1, -0.05) is 18.2 Å². The molecular weight excluding hydrogens is 264 g/mol. The summed E-state index contributed by atoms with van der Waals surface area (Å²) in [5.41, 5.74) is 0.619. The van der Waals surface area contributed by atoms with Crippen LogP contribution in [0.4, 0.5) is 0 Å². The summed E-state index contributed by atoms with van der Waals surface area (Å²) in [6.45, 7) is 3.56. The molecule has 0 aliphatic rings. The Morgan fingerprint density at radius 2 is 2.00 bits per heavy atom. The highest BCUT2D eigenvalue weighted by atomic mass is 35.5. The van der Waals surface area contributed by atoms with Crippen molar-refractivity contribution in [3.8, 4) is 0 Å². The van der Waals surface area contributed by atoms with E-state index in [0.29, 0.717) is 24.3 Å². The molecule has 0 aliphatic carbocycles. The maximum absolute atomic E-state index is 11.9. The summed E-state index contributed by atoms with van der Waals surface area (Å²) in [6, 6.07) is 7.13. The van der Waals surface area contributed by atoms with Crippen LogP contribution in [0.2, 0.25) is 0 Å². The molecule has 0 saturated carbocycles. The van der Waals surface area contributed by atoms with Gasteiger partial charge in [0.1, 0.15) is 0 Å². The molecule has 104 valence electrons. The van der Waals surface area contributed by atoms with Crippen molar-refractivity contribution in [1.29, 1.82) is 0 Å². The number of Topliss-reactive ketones (excluding diaryl/α,β-unsaturated/α-hetero) is 1. The predicted octanol–water partition coefficient (Wildman–Crippen LogP) is 3.34. The van der Waals surface area contributed by atoms with Crippen LogP contribution in [0.25, 0.3) is 0 Å². The molecule has 1 aromatic carbocycles. The van der Waals surface area contributed by atoms with E-state index < -0.39 is 5.41 Å². The van der Waals surface area contributed by atoms with Crippen molar-refractivity contribution in [2.75, 3.05) is 13.0 Å². The number of benzene rings is 1. The van der Waals surface area contributed by atoms with Crippen LogP contribution in [0.3, 0.4) is 0 Å². The molecule has 0 fully saturated rings. The minimum Gasteiger partial charge on any atom is -0.468 e. The quantitative estimate of drug-likeness (QED) is 0.457. The Labute approximate surface area is 118 Å². The Morgan fingerprint density at radius 3 is 2.58 bits per heavy atom. The maximum Gasteiger partial charge on any atom is 0.315 e. The molecule has 0 bridgehead atoms. The molecule has 0 unspecified atom stereocenters. The van der Waals surface area contributed by atoms with Crippen molar-refractivity contribution in [1.82, 2.24) is 0 Å². The first-order valence-corrected chi connectivity index (χ1v) is 6.75. The van der Waals surface area contributed by atoms with Crippen LogP contribution in [0.15, 0.2) is 24.3 Å². The standard InChI is InChI=1S/C15H19ClO3/c1-15(2,14(18)19-3)12-7-4-6-11(10-12)13(17)8-5-9-16/h4,6-7,10H,5,8-9H2,1-3H3. The largest absolute Gasteiger partial charge is 0.468 e. The van der Waals surface area contributed by atoms with E-state index in [0.717, 1.165) is 5.56 Å². The third-order valence-electron chi connectivity index (χ3n) is 3.14. The lowest BCUT2D eigenvalue weighted by Crippen LogP contribution is -2.30. The van der Waals surface area contributed by atoms with Gasteiger partial charge in [-0.2, -0.15) is 0 Å². The fourth-order valence-corrected chi connectivity index (χ4v) is 1.96. The second kappa shape index (κ2) is 6.71. The summed E-state index contributed by atoms with van der Waals surface area (Å²) in [5.74, 6) is 0.194. The fraction of sp³-hybridized carbons (Fsp3) is 0.467. The van der Waals surface area contributed by atoms with E-state index >= 15 is 0 Å². The molecule has 0 heterocycles. The number of ketones is 1. The van der Waals surface area contributed by atoms with Crippen molar-refractivity contribution >= 4 is 23.4 Å². The fourth-order valence-electron chi connectivity index (χ4n) is 1.83. The number of hydrogen-bond donors (Lipinski definition) is 0. The smallest absolute Gasteiger partial charge is 0.315 e. The van der Waals surface area contributed by atoms with E-state index in [1.807, 2.05) is 6.07 Å². The molecule has 1 rings (SSSR count). The van der Waals surface area contributed by atoms with Crippen LogP contribution in [-0.4, -0.2) is 24.7 Å². The topological polar surface area (TPSA) is 43.4 Å². The summed E-state index contributed by atoms with van der Waals surface area (Å²) in [4.78, 5) is 23.7. The predicted molar refractivity (Wildman–Crippen MR) is 75.8 cm³/mol. The minimum atomic E-state index is -0.766. The van der Waals surface area contributed by atoms with E-state index in [4.69, 9.17) is 16.3 Å². The first-order valence-electron chi connectivity index (χ1n) is 6.21. The second-order valence-corrected chi connectivity index (χ2v) is 5.29. The average molecular weight is 283 g/mol. The summed E-state index contributed by atoms with van der Waals surface area (Å²) >= 11 is 5.58. The van der Waals surface area contributed by atoms with Crippen molar-refractivity contribution in [2.24, 2.45) is 0 Å². The normalized spacial score (nSPS) is 11.2. The van der Waals surface area contributed by atoms with Crippen molar-refractivity contribution in [2.45, 2.75) is 32.1 Å². The van der Waals surface area contributed by atoms with Crippen molar-refractivity contribution in [3.63, 3.8) is 0 Å². The number of methoxy groups -OCH3 is 1. The highest BCUT2D eigenvalue weighted by Crippen LogP contribution is 2.25. The number of hydrogen-bond acceptors (Lipinski definition) is 3. The maximum atomic E-state index is 11.9. The zero-order valence-corrected chi connectivity index (χ0v) is 12.3. The van der Waals surface area contributed by atoms with Gasteiger partial charge < -0.3 is 4.74 Å². The highest BCUT2D eigenvalue weighted by Gasteiger charge is 2.31. The van der Waals surface area contributed by atoms with Gasteiger partial charge in [0.15, 0.2) is 5.78 Å². The van der Waals surface area contributed by atoms with Crippen LogP contribution in [0.1, 0.15) is 42.6 Å². The third-order valence-corrected chi connectivity index (χ3v) is 3.41. The lowest BCUT2D eigenvalue weighted by atomic mass is 9.83. The zero-order valence-electron chi connectivity index (χ0n) is 11.5. The molecule has 19 heavy (non-hydrogen) atoms. The number of carbonyl (C=O) groups is 2. The molecule has 0 spiro atoms. The summed E-state index contributed by atoms with van der Waals surface area (Å²) in [5, 5.41) is 0. The molecule has 0 atom stereocenters. The Bertz CT molecular complexity index is 466. The van der Waals surface area contributed by atoms with Crippen LogP contribution in [0.5, 0.6) is 0 Å². The molecule has 0 aromatic heterocycles. The van der Waals surface area contributed by atoms with Gasteiger partial charge in [0.05, 0.1) is 12.5 Å². The Balaban J connectivity index is 3.00. The molecule has 1 aromatic rings. The van der Waals surface area contributed by atoms with Gasteiger partial charge in [-0.3, -0.25) is 9.59 Å². The monoisotopic (exact) mass is 282 g/mol. The Kier molecular flexibility index (Phi) is 5.55. The lowest BCUT2D eigenvalue weighted by molar-refractivity contribution is -0.146. The number of ether oxygens (including phenoxy) is 1. The van der Waals surface area contributed by atoms with Gasteiger partial charge in [-0.15, -0.1) is 11.6 Å². The van der Waals surface area contributed by atoms with Crippen LogP contribution >= 0.6 is 11.6 Å². The van der Waals surface area contributed by atoms with Gasteiger partial charge in [-0.25, -0.2) is 0 Å². The Morgan fingerprint density at radius 1 is 1.32 bits per heavy atom. The molecule has 0 saturated heterocycles. The van der Waals surface area contributed by atoms with Crippen LogP contribution in [0, 0.1) is 0 Å². The lowest BCUT2D eigenvalue weighted by Gasteiger charge is -2.22. The molecular formula is C15H19ClO3. The number of carbonyl (C=O) groups excluding carboxylic acids is 2. The van der Waals surface area contributed by atoms with E-state index in [1.54, 1.807) is 32.0 Å². The minimum absolute atomic E-state index is 0.0446. The average Bonchev–Trinajstić information content (AvgIpc) is 2.43. The SMILES string of the molecule is COC(=O)C(C)(C)c1cccc(C(=O)CCCCl)c1. The number of alkyl halides is 1. The van der Waals surface area contributed by atoms with Gasteiger partial charge in [-0.05, 0) is 31.9 Å². The molecule has 0 radical (unpaired) electrons. The number of halogens is 1. The molecule has 0 aliphatic heterocycles. The first-order chi connectivity index (χ1) is 8.93. The number of esters is 1. The van der Waals surface area contributed by atoms with Crippen LogP contribution < -0.4 is 0 Å². The summed E-state index contributed by atoms with van der Waals surface area (Å²) < 4.78 is 4.79. The van der Waals surface area contributed by atoms with Crippen molar-refractivity contribution in [3.05, 3.63) is 35.4 Å². The summed E-state index contributed by atoms with van der Waals surface area (Å²) in [6.07, 6.45) is 1.08. The molecule has 0 amide bonds. The first kappa shape index (κ1) is 15.7. The van der Waals surface area contributed by atoms with Gasteiger partial charge >= 0.3 is 5.97 Å². The molecule has 0 N–H and O–H groups in total. The molecule has 4 heteroatoms. The number of rotatable bonds is 6.